The zero-order chi connectivity index (χ0) is 21.4. The first-order chi connectivity index (χ1) is 13.7. The molecular weight excluding hydrogens is 369 g/mol. The number of nitrogens with one attached hydrogen (secondary N) is 1. The zero-order valence-corrected chi connectivity index (χ0v) is 18.7. The molecule has 1 aromatic carbocycles. The lowest BCUT2D eigenvalue weighted by Gasteiger charge is -2.36. The Kier molecular flexibility index (Phi) is 8.94. The molecule has 1 aromatic rings. The number of hydrogen-bond donors (Lipinski definition) is 1. The van der Waals surface area contributed by atoms with E-state index in [9.17, 15) is 9.18 Å². The van der Waals surface area contributed by atoms with Crippen LogP contribution >= 0.6 is 0 Å². The molecule has 0 unspecified atom stereocenters. The predicted molar refractivity (Wildman–Crippen MR) is 115 cm³/mol. The fourth-order valence-corrected chi connectivity index (χ4v) is 4.04. The van der Waals surface area contributed by atoms with Crippen molar-refractivity contribution in [2.24, 2.45) is 17.3 Å². The van der Waals surface area contributed by atoms with Crippen LogP contribution in [0, 0.1) is 23.1 Å². The van der Waals surface area contributed by atoms with Crippen molar-refractivity contribution in [3.63, 3.8) is 0 Å². The Hall–Kier alpha value is -1.62. The van der Waals surface area contributed by atoms with Crippen molar-refractivity contribution in [3.05, 3.63) is 29.6 Å². The number of hydrogen-bond acceptors (Lipinski definition) is 3. The van der Waals surface area contributed by atoms with Gasteiger partial charge in [0.2, 0.25) is 5.91 Å². The Balaban J connectivity index is 1.59. The molecule has 0 aromatic heterocycles. The van der Waals surface area contributed by atoms with Crippen molar-refractivity contribution < 1.29 is 18.7 Å². The number of ether oxygens (including phenoxy) is 2. The Labute approximate surface area is 175 Å². The molecule has 5 heteroatoms. The smallest absolute Gasteiger partial charge is 0.223 e. The van der Waals surface area contributed by atoms with Crippen LogP contribution in [0.15, 0.2) is 18.2 Å². The van der Waals surface area contributed by atoms with E-state index in [0.29, 0.717) is 43.4 Å². The van der Waals surface area contributed by atoms with Crippen LogP contribution in [0.4, 0.5) is 4.39 Å². The molecule has 0 saturated heterocycles. The van der Waals surface area contributed by atoms with Gasteiger partial charge in [0.1, 0.15) is 18.2 Å². The molecule has 0 bridgehead atoms. The summed E-state index contributed by atoms with van der Waals surface area (Å²) >= 11 is 0. The maximum absolute atomic E-state index is 13.4. The maximum Gasteiger partial charge on any atom is 0.223 e. The lowest BCUT2D eigenvalue weighted by Crippen LogP contribution is -2.36. The van der Waals surface area contributed by atoms with Gasteiger partial charge in [0.25, 0.3) is 0 Å². The first-order valence-corrected chi connectivity index (χ1v) is 11.0. The van der Waals surface area contributed by atoms with Crippen molar-refractivity contribution in [1.29, 1.82) is 0 Å². The van der Waals surface area contributed by atoms with Gasteiger partial charge < -0.3 is 14.8 Å². The van der Waals surface area contributed by atoms with Crippen LogP contribution < -0.4 is 10.1 Å². The number of amides is 1. The predicted octanol–water partition coefficient (Wildman–Crippen LogP) is 5.31. The van der Waals surface area contributed by atoms with E-state index in [2.05, 4.69) is 39.9 Å². The van der Waals surface area contributed by atoms with E-state index in [1.807, 2.05) is 0 Å². The van der Waals surface area contributed by atoms with Crippen LogP contribution in [0.25, 0.3) is 0 Å². The number of carbonyl (C=O) groups excluding carboxylic acids is 1. The molecular formula is C24H38FNO3. The highest BCUT2D eigenvalue weighted by Crippen LogP contribution is 2.39. The largest absolute Gasteiger partial charge is 0.491 e. The Morgan fingerprint density at radius 1 is 1.14 bits per heavy atom. The lowest BCUT2D eigenvalue weighted by molar-refractivity contribution is -0.126. The Morgan fingerprint density at radius 2 is 1.83 bits per heavy atom. The first-order valence-electron chi connectivity index (χ1n) is 11.0. The van der Waals surface area contributed by atoms with Crippen LogP contribution in [-0.4, -0.2) is 32.3 Å². The number of benzene rings is 1. The van der Waals surface area contributed by atoms with Gasteiger partial charge in [-0.15, -0.1) is 0 Å². The van der Waals surface area contributed by atoms with Gasteiger partial charge in [0, 0.05) is 18.5 Å². The molecule has 0 spiro atoms. The van der Waals surface area contributed by atoms with Gasteiger partial charge in [-0.1, -0.05) is 40.7 Å². The number of halogens is 1. The SMILES string of the molecule is CC(C)c1ccc(F)cc1OCCOCCNC(=O)C1CCC(C(C)(C)C)CC1. The molecule has 1 saturated carbocycles. The number of rotatable bonds is 9. The molecule has 164 valence electrons. The molecule has 0 aliphatic heterocycles. The van der Waals surface area contributed by atoms with E-state index < -0.39 is 0 Å². The Morgan fingerprint density at radius 3 is 2.45 bits per heavy atom. The summed E-state index contributed by atoms with van der Waals surface area (Å²) in [6.07, 6.45) is 4.23. The molecule has 0 atom stereocenters. The molecule has 1 N–H and O–H groups in total. The van der Waals surface area contributed by atoms with Gasteiger partial charge in [-0.2, -0.15) is 0 Å². The van der Waals surface area contributed by atoms with Gasteiger partial charge in [-0.25, -0.2) is 4.39 Å². The molecule has 29 heavy (non-hydrogen) atoms. The first kappa shape index (κ1) is 23.7. The monoisotopic (exact) mass is 407 g/mol. The third-order valence-electron chi connectivity index (χ3n) is 5.95. The second-order valence-corrected chi connectivity index (χ2v) is 9.50. The summed E-state index contributed by atoms with van der Waals surface area (Å²) in [6.45, 7) is 12.7. The van der Waals surface area contributed by atoms with Crippen LogP contribution in [-0.2, 0) is 9.53 Å². The molecule has 1 aliphatic rings. The van der Waals surface area contributed by atoms with Gasteiger partial charge in [0.05, 0.1) is 13.2 Å². The molecule has 4 nitrogen and oxygen atoms in total. The minimum Gasteiger partial charge on any atom is -0.491 e. The van der Waals surface area contributed by atoms with E-state index in [0.717, 1.165) is 31.2 Å². The maximum atomic E-state index is 13.4. The quantitative estimate of drug-likeness (QED) is 0.564. The second kappa shape index (κ2) is 11.0. The fraction of sp³-hybridized carbons (Fsp3) is 0.708. The molecule has 0 radical (unpaired) electrons. The van der Waals surface area contributed by atoms with Crippen molar-refractivity contribution >= 4 is 5.91 Å². The van der Waals surface area contributed by atoms with E-state index in [4.69, 9.17) is 9.47 Å². The average Bonchev–Trinajstić information content (AvgIpc) is 2.66. The van der Waals surface area contributed by atoms with Crippen LogP contribution in [0.1, 0.15) is 71.8 Å². The highest BCUT2D eigenvalue weighted by Gasteiger charge is 2.32. The van der Waals surface area contributed by atoms with E-state index in [1.54, 1.807) is 6.07 Å². The van der Waals surface area contributed by atoms with Gasteiger partial charge in [-0.3, -0.25) is 4.79 Å². The third kappa shape index (κ3) is 7.61. The summed E-state index contributed by atoms with van der Waals surface area (Å²) in [5, 5.41) is 2.99. The zero-order valence-electron chi connectivity index (χ0n) is 18.7. The van der Waals surface area contributed by atoms with E-state index in [-0.39, 0.29) is 23.6 Å². The lowest BCUT2D eigenvalue weighted by atomic mass is 9.70. The average molecular weight is 408 g/mol. The highest BCUT2D eigenvalue weighted by molar-refractivity contribution is 5.78. The Bertz CT molecular complexity index is 646. The normalized spacial score (nSPS) is 20.0. The van der Waals surface area contributed by atoms with Crippen LogP contribution in [0.2, 0.25) is 0 Å². The van der Waals surface area contributed by atoms with Crippen molar-refractivity contribution in [1.82, 2.24) is 5.32 Å². The third-order valence-corrected chi connectivity index (χ3v) is 5.95. The van der Waals surface area contributed by atoms with Crippen LogP contribution in [0.5, 0.6) is 5.75 Å². The molecule has 0 heterocycles. The molecule has 2 rings (SSSR count). The van der Waals surface area contributed by atoms with E-state index >= 15 is 0 Å². The van der Waals surface area contributed by atoms with Crippen molar-refractivity contribution in [3.8, 4) is 5.75 Å². The number of carbonyl (C=O) groups is 1. The summed E-state index contributed by atoms with van der Waals surface area (Å²) in [5.41, 5.74) is 1.32. The fourth-order valence-electron chi connectivity index (χ4n) is 4.04. The van der Waals surface area contributed by atoms with Gasteiger partial charge in [0.15, 0.2) is 0 Å². The second-order valence-electron chi connectivity index (χ2n) is 9.50. The van der Waals surface area contributed by atoms with Gasteiger partial charge >= 0.3 is 0 Å². The minimum atomic E-state index is -0.301. The van der Waals surface area contributed by atoms with Crippen molar-refractivity contribution in [2.45, 2.75) is 66.2 Å². The summed E-state index contributed by atoms with van der Waals surface area (Å²) < 4.78 is 24.7. The highest BCUT2D eigenvalue weighted by atomic mass is 19.1. The van der Waals surface area contributed by atoms with Gasteiger partial charge in [-0.05, 0) is 54.6 Å². The molecule has 1 amide bonds. The summed E-state index contributed by atoms with van der Waals surface area (Å²) in [7, 11) is 0. The summed E-state index contributed by atoms with van der Waals surface area (Å²) in [6, 6.07) is 4.64. The summed E-state index contributed by atoms with van der Waals surface area (Å²) in [5.74, 6) is 1.54. The van der Waals surface area contributed by atoms with Crippen LogP contribution in [0.3, 0.4) is 0 Å². The van der Waals surface area contributed by atoms with Crippen molar-refractivity contribution in [2.75, 3.05) is 26.4 Å². The minimum absolute atomic E-state index is 0.138. The topological polar surface area (TPSA) is 47.6 Å². The summed E-state index contributed by atoms with van der Waals surface area (Å²) in [4.78, 5) is 12.3. The standard InChI is InChI=1S/C24H38FNO3/c1-17(2)21-11-10-20(25)16-22(21)29-15-14-28-13-12-26-23(27)18-6-8-19(9-7-18)24(3,4)5/h10-11,16-19H,6-9,12-15H2,1-5H3,(H,26,27). The molecule has 1 aliphatic carbocycles. The molecule has 1 fully saturated rings. The van der Waals surface area contributed by atoms with E-state index in [1.165, 1.54) is 12.1 Å².